The minimum Gasteiger partial charge on any atom is -0.487 e. The number of aromatic nitrogens is 5. The molecule has 0 radical (unpaired) electrons. The van der Waals surface area contributed by atoms with E-state index in [2.05, 4.69) is 4.98 Å². The molecule has 3 heterocycles. The molecule has 196 valence electrons. The van der Waals surface area contributed by atoms with E-state index in [1.165, 1.54) is 18.5 Å². The molecule has 0 unspecified atom stereocenters. The van der Waals surface area contributed by atoms with Crippen LogP contribution in [0.4, 0.5) is 0 Å². The van der Waals surface area contributed by atoms with Crippen molar-refractivity contribution >= 4 is 28.0 Å². The van der Waals surface area contributed by atoms with Crippen LogP contribution in [0.3, 0.4) is 0 Å². The number of carbonyl (C=O) groups is 1. The normalized spacial score (nSPS) is 11.5. The molecule has 0 aliphatic rings. The summed E-state index contributed by atoms with van der Waals surface area (Å²) in [4.78, 5) is 49.6. The molecule has 0 amide bonds. The Hall–Kier alpha value is -3.95. The zero-order valence-electron chi connectivity index (χ0n) is 21.7. The molecule has 4 aromatic rings. The van der Waals surface area contributed by atoms with Crippen LogP contribution in [0, 0.1) is 5.92 Å². The molecule has 1 aromatic carbocycles. The second-order valence-electron chi connectivity index (χ2n) is 9.57. The van der Waals surface area contributed by atoms with E-state index in [1.807, 2.05) is 44.3 Å². The molecule has 0 aliphatic carbocycles. The number of hydrogen-bond donors (Lipinski definition) is 1. The zero-order chi connectivity index (χ0) is 26.5. The van der Waals surface area contributed by atoms with Crippen molar-refractivity contribution in [1.82, 2.24) is 24.1 Å². The van der Waals surface area contributed by atoms with E-state index in [0.717, 1.165) is 34.7 Å². The summed E-state index contributed by atoms with van der Waals surface area (Å²) in [6.07, 6.45) is 4.75. The molecular weight excluding hydrogens is 474 g/mol. The number of aryl methyl sites for hydroxylation is 1. The number of esters is 1. The first-order valence-electron chi connectivity index (χ1n) is 12.6. The van der Waals surface area contributed by atoms with Gasteiger partial charge in [0, 0.05) is 37.6 Å². The number of H-pyrrole nitrogens is 1. The van der Waals surface area contributed by atoms with Gasteiger partial charge in [-0.3, -0.25) is 18.7 Å². The van der Waals surface area contributed by atoms with Crippen molar-refractivity contribution < 1.29 is 14.3 Å². The fourth-order valence-electron chi connectivity index (χ4n) is 4.31. The average Bonchev–Trinajstić information content (AvgIpc) is 3.35. The SMILES string of the molecule is CC(=O)OCCCCCc1nc2c(=O)n(C)c(=O)n(CC(C)C)c2nc1COc1cccc2[nH]ccc12. The highest BCUT2D eigenvalue weighted by atomic mass is 16.5. The van der Waals surface area contributed by atoms with Gasteiger partial charge in [0.05, 0.1) is 12.3 Å². The summed E-state index contributed by atoms with van der Waals surface area (Å²) in [6, 6.07) is 7.72. The maximum atomic E-state index is 13.0. The Labute approximate surface area is 214 Å². The number of nitrogens with one attached hydrogen (secondary N) is 1. The van der Waals surface area contributed by atoms with E-state index in [-0.39, 0.29) is 29.7 Å². The second-order valence-corrected chi connectivity index (χ2v) is 9.57. The molecule has 0 atom stereocenters. The molecule has 0 spiro atoms. The van der Waals surface area contributed by atoms with E-state index < -0.39 is 11.2 Å². The van der Waals surface area contributed by atoms with Crippen LogP contribution in [0.15, 0.2) is 40.1 Å². The van der Waals surface area contributed by atoms with Crippen LogP contribution in [-0.4, -0.2) is 36.7 Å². The quantitative estimate of drug-likeness (QED) is 0.244. The largest absolute Gasteiger partial charge is 0.487 e. The minimum absolute atomic E-state index is 0.140. The molecule has 4 rings (SSSR count). The summed E-state index contributed by atoms with van der Waals surface area (Å²) in [5, 5.41) is 0.953. The number of rotatable bonds is 11. The monoisotopic (exact) mass is 507 g/mol. The van der Waals surface area contributed by atoms with Crippen LogP contribution in [0.1, 0.15) is 51.4 Å². The first kappa shape index (κ1) is 26.1. The van der Waals surface area contributed by atoms with E-state index in [9.17, 15) is 14.4 Å². The van der Waals surface area contributed by atoms with Gasteiger partial charge in [0.25, 0.3) is 5.56 Å². The zero-order valence-corrected chi connectivity index (χ0v) is 21.7. The summed E-state index contributed by atoms with van der Waals surface area (Å²) < 4.78 is 13.8. The van der Waals surface area contributed by atoms with Gasteiger partial charge in [0.15, 0.2) is 11.2 Å². The number of nitrogens with zero attached hydrogens (tertiary/aromatic N) is 4. The van der Waals surface area contributed by atoms with Crippen LogP contribution in [0.5, 0.6) is 5.75 Å². The predicted octanol–water partition coefficient (Wildman–Crippen LogP) is 3.48. The molecule has 0 saturated heterocycles. The van der Waals surface area contributed by atoms with E-state index >= 15 is 0 Å². The number of ether oxygens (including phenoxy) is 2. The Morgan fingerprint density at radius 1 is 1.08 bits per heavy atom. The minimum atomic E-state index is -0.465. The fraction of sp³-hybridized carbons (Fsp3) is 0.444. The van der Waals surface area contributed by atoms with Gasteiger partial charge in [0.1, 0.15) is 18.1 Å². The summed E-state index contributed by atoms with van der Waals surface area (Å²) in [5.41, 5.74) is 1.78. The molecule has 10 heteroatoms. The summed E-state index contributed by atoms with van der Waals surface area (Å²) >= 11 is 0. The van der Waals surface area contributed by atoms with Gasteiger partial charge in [0.2, 0.25) is 0 Å². The molecule has 0 fully saturated rings. The van der Waals surface area contributed by atoms with Crippen LogP contribution >= 0.6 is 0 Å². The van der Waals surface area contributed by atoms with E-state index in [4.69, 9.17) is 19.4 Å². The summed E-state index contributed by atoms with van der Waals surface area (Å²) in [5.74, 6) is 0.583. The molecule has 10 nitrogen and oxygen atoms in total. The van der Waals surface area contributed by atoms with Gasteiger partial charge in [-0.2, -0.15) is 0 Å². The highest BCUT2D eigenvalue weighted by molar-refractivity contribution is 5.85. The van der Waals surface area contributed by atoms with Crippen LogP contribution in [0.2, 0.25) is 0 Å². The Morgan fingerprint density at radius 3 is 2.65 bits per heavy atom. The van der Waals surface area contributed by atoms with Gasteiger partial charge in [-0.1, -0.05) is 19.9 Å². The molecule has 1 N–H and O–H groups in total. The van der Waals surface area contributed by atoms with Crippen molar-refractivity contribution in [3.63, 3.8) is 0 Å². The number of aromatic amines is 1. The first-order chi connectivity index (χ1) is 17.8. The average molecular weight is 508 g/mol. The third-order valence-electron chi connectivity index (χ3n) is 6.14. The predicted molar refractivity (Wildman–Crippen MR) is 141 cm³/mol. The summed E-state index contributed by atoms with van der Waals surface area (Å²) in [6.45, 7) is 6.32. The summed E-state index contributed by atoms with van der Waals surface area (Å²) in [7, 11) is 1.46. The Morgan fingerprint density at radius 2 is 1.89 bits per heavy atom. The lowest BCUT2D eigenvalue weighted by atomic mass is 10.1. The topological polar surface area (TPSA) is 121 Å². The Bertz CT molecular complexity index is 1530. The number of unbranched alkanes of at least 4 members (excludes halogenated alkanes) is 2. The second kappa shape index (κ2) is 11.4. The van der Waals surface area contributed by atoms with Crippen molar-refractivity contribution in [2.24, 2.45) is 13.0 Å². The van der Waals surface area contributed by atoms with Crippen LogP contribution < -0.4 is 16.0 Å². The van der Waals surface area contributed by atoms with E-state index in [1.54, 1.807) is 0 Å². The number of fused-ring (bicyclic) bond motifs is 2. The molecule has 3 aromatic heterocycles. The van der Waals surface area contributed by atoms with Crippen molar-refractivity contribution in [1.29, 1.82) is 0 Å². The molecule has 37 heavy (non-hydrogen) atoms. The van der Waals surface area contributed by atoms with Crippen molar-refractivity contribution in [3.05, 3.63) is 62.7 Å². The maximum Gasteiger partial charge on any atom is 0.332 e. The third kappa shape index (κ3) is 5.90. The highest BCUT2D eigenvalue weighted by Gasteiger charge is 2.19. The van der Waals surface area contributed by atoms with E-state index in [0.29, 0.717) is 36.7 Å². The maximum absolute atomic E-state index is 13.0. The van der Waals surface area contributed by atoms with Gasteiger partial charge in [-0.05, 0) is 49.8 Å². The highest BCUT2D eigenvalue weighted by Crippen LogP contribution is 2.26. The number of carbonyl (C=O) groups excluding carboxylic acids is 1. The Kier molecular flexibility index (Phi) is 8.05. The van der Waals surface area contributed by atoms with Crippen LogP contribution in [0.25, 0.3) is 22.1 Å². The van der Waals surface area contributed by atoms with Gasteiger partial charge < -0.3 is 14.5 Å². The third-order valence-corrected chi connectivity index (χ3v) is 6.14. The first-order valence-corrected chi connectivity index (χ1v) is 12.6. The van der Waals surface area contributed by atoms with Crippen molar-refractivity contribution in [2.75, 3.05) is 6.61 Å². The fourth-order valence-corrected chi connectivity index (χ4v) is 4.31. The lowest BCUT2D eigenvalue weighted by Gasteiger charge is -2.16. The molecule has 0 saturated carbocycles. The lowest BCUT2D eigenvalue weighted by Crippen LogP contribution is -2.40. The molecule has 0 bridgehead atoms. The van der Waals surface area contributed by atoms with Gasteiger partial charge >= 0.3 is 11.7 Å². The van der Waals surface area contributed by atoms with Crippen molar-refractivity contribution in [2.45, 2.75) is 59.6 Å². The van der Waals surface area contributed by atoms with Gasteiger partial charge in [-0.25, -0.2) is 14.8 Å². The number of benzene rings is 1. The van der Waals surface area contributed by atoms with Crippen LogP contribution in [-0.2, 0) is 36.2 Å². The molecular formula is C27H33N5O5. The number of hydrogen-bond acceptors (Lipinski definition) is 7. The van der Waals surface area contributed by atoms with Gasteiger partial charge in [-0.15, -0.1) is 0 Å². The molecule has 0 aliphatic heterocycles. The lowest BCUT2D eigenvalue weighted by molar-refractivity contribution is -0.141. The Balaban J connectivity index is 1.70. The van der Waals surface area contributed by atoms with Crippen molar-refractivity contribution in [3.8, 4) is 5.75 Å². The smallest absolute Gasteiger partial charge is 0.332 e. The standard InChI is InChI=1S/C27H33N5O5/c1-17(2)15-32-25-24(26(34)31(4)27(32)35)29-21(9-6-5-7-14-36-18(3)33)22(30-25)16-37-23-11-8-10-20-19(23)12-13-28-20/h8,10-13,17,28H,5-7,9,14-16H2,1-4H3.